The van der Waals surface area contributed by atoms with Crippen molar-refractivity contribution in [2.24, 2.45) is 0 Å². The summed E-state index contributed by atoms with van der Waals surface area (Å²) in [6.45, 7) is 2.00. The van der Waals surface area contributed by atoms with Crippen molar-refractivity contribution in [3.8, 4) is 17.2 Å². The summed E-state index contributed by atoms with van der Waals surface area (Å²) in [4.78, 5) is 28.5. The summed E-state index contributed by atoms with van der Waals surface area (Å²) < 4.78 is 49.4. The van der Waals surface area contributed by atoms with Crippen molar-refractivity contribution < 1.29 is 27.5 Å². The Morgan fingerprint density at radius 1 is 0.949 bits per heavy atom. The van der Waals surface area contributed by atoms with Gasteiger partial charge >= 0.3 is 6.03 Å². The van der Waals surface area contributed by atoms with Crippen LogP contribution >= 0.6 is 0 Å². The molecule has 4 aromatic rings. The highest BCUT2D eigenvalue weighted by molar-refractivity contribution is 5.99. The van der Waals surface area contributed by atoms with E-state index in [1.807, 2.05) is 6.92 Å². The van der Waals surface area contributed by atoms with Gasteiger partial charge in [-0.2, -0.15) is 5.10 Å². The topological polar surface area (TPSA) is 110 Å². The molecule has 0 aliphatic heterocycles. The standard InChI is InChI=1S/C27H23F3N6O3/c1-27(6-7-27)23-14-24(36(35-23)17-10-15(28)9-16(29)11-17)34-26(38)33-21-4-3-18(12-20(21)30)39-19-5-8-32-22(13-19)25(37)31-2/h3-5,8-14H,6-7H2,1-2H3,(H,31,37)(H2,33,34,38). The monoisotopic (exact) mass is 536 g/mol. The Bertz CT molecular complexity index is 1560. The van der Waals surface area contributed by atoms with Gasteiger partial charge in [0.15, 0.2) is 0 Å². The van der Waals surface area contributed by atoms with Crippen molar-refractivity contribution in [3.05, 3.63) is 89.6 Å². The number of rotatable bonds is 7. The molecule has 0 radical (unpaired) electrons. The normalized spacial score (nSPS) is 13.5. The first-order valence-electron chi connectivity index (χ1n) is 11.9. The number of pyridine rings is 1. The van der Waals surface area contributed by atoms with Gasteiger partial charge in [0, 0.05) is 42.9 Å². The number of nitrogens with zero attached hydrogens (tertiary/aromatic N) is 3. The number of aromatic nitrogens is 3. The lowest BCUT2D eigenvalue weighted by Gasteiger charge is -2.12. The molecule has 0 saturated heterocycles. The molecule has 1 aliphatic rings. The number of ether oxygens (including phenoxy) is 1. The number of anilines is 2. The van der Waals surface area contributed by atoms with Crippen LogP contribution in [-0.4, -0.2) is 33.8 Å². The fraction of sp³-hybridized carbons (Fsp3) is 0.185. The first-order chi connectivity index (χ1) is 18.6. The van der Waals surface area contributed by atoms with Gasteiger partial charge in [0.1, 0.15) is 40.5 Å². The molecule has 0 spiro atoms. The SMILES string of the molecule is CNC(=O)c1cc(Oc2ccc(NC(=O)Nc3cc(C4(C)CC4)nn3-c3cc(F)cc(F)c3)c(F)c2)ccn1. The Morgan fingerprint density at radius 3 is 2.33 bits per heavy atom. The fourth-order valence-electron chi connectivity index (χ4n) is 3.86. The number of nitrogens with one attached hydrogen (secondary N) is 3. The van der Waals surface area contributed by atoms with Crippen molar-refractivity contribution in [2.75, 3.05) is 17.7 Å². The molecule has 2 aromatic carbocycles. The van der Waals surface area contributed by atoms with Gasteiger partial charge in [0.05, 0.1) is 17.1 Å². The Balaban J connectivity index is 1.32. The van der Waals surface area contributed by atoms with Crippen LogP contribution in [0.25, 0.3) is 5.69 Å². The van der Waals surface area contributed by atoms with Gasteiger partial charge in [-0.25, -0.2) is 22.6 Å². The van der Waals surface area contributed by atoms with Gasteiger partial charge in [-0.1, -0.05) is 6.92 Å². The molecule has 1 fully saturated rings. The number of halogens is 3. The van der Waals surface area contributed by atoms with Crippen molar-refractivity contribution in [1.82, 2.24) is 20.1 Å². The first kappa shape index (κ1) is 25.8. The van der Waals surface area contributed by atoms with Crippen LogP contribution in [0.4, 0.5) is 29.5 Å². The van der Waals surface area contributed by atoms with E-state index in [4.69, 9.17) is 4.74 Å². The van der Waals surface area contributed by atoms with E-state index in [0.717, 1.165) is 37.1 Å². The number of carbonyl (C=O) groups is 2. The molecule has 0 atom stereocenters. The van der Waals surface area contributed by atoms with Crippen LogP contribution in [0.15, 0.2) is 60.8 Å². The van der Waals surface area contributed by atoms with Gasteiger partial charge in [-0.05, 0) is 43.2 Å². The molecule has 12 heteroatoms. The predicted molar refractivity (Wildman–Crippen MR) is 137 cm³/mol. The second-order valence-corrected chi connectivity index (χ2v) is 9.29. The van der Waals surface area contributed by atoms with Gasteiger partial charge in [-0.3, -0.25) is 15.1 Å². The second kappa shape index (κ2) is 10.1. The molecule has 9 nitrogen and oxygen atoms in total. The number of urea groups is 1. The minimum Gasteiger partial charge on any atom is -0.457 e. The quantitative estimate of drug-likeness (QED) is 0.288. The largest absolute Gasteiger partial charge is 0.457 e. The number of carbonyl (C=O) groups excluding carboxylic acids is 2. The average Bonchev–Trinajstić information content (AvgIpc) is 3.50. The highest BCUT2D eigenvalue weighted by atomic mass is 19.1. The van der Waals surface area contributed by atoms with Gasteiger partial charge in [0.25, 0.3) is 5.91 Å². The summed E-state index contributed by atoms with van der Waals surface area (Å²) in [5.74, 6) is -2.22. The lowest BCUT2D eigenvalue weighted by atomic mass is 10.1. The van der Waals surface area contributed by atoms with Crippen molar-refractivity contribution in [3.63, 3.8) is 0 Å². The van der Waals surface area contributed by atoms with Gasteiger partial charge in [-0.15, -0.1) is 0 Å². The van der Waals surface area contributed by atoms with E-state index in [1.165, 1.54) is 42.2 Å². The predicted octanol–water partition coefficient (Wildman–Crippen LogP) is 5.53. The van der Waals surface area contributed by atoms with Crippen LogP contribution in [0, 0.1) is 17.5 Å². The third-order valence-corrected chi connectivity index (χ3v) is 6.28. The molecule has 0 bridgehead atoms. The van der Waals surface area contributed by atoms with Crippen LogP contribution in [0.1, 0.15) is 35.9 Å². The molecule has 2 aromatic heterocycles. The van der Waals surface area contributed by atoms with Gasteiger partial charge in [0.2, 0.25) is 0 Å². The lowest BCUT2D eigenvalue weighted by molar-refractivity contribution is 0.0957. The molecular formula is C27H23F3N6O3. The Hall–Kier alpha value is -4.87. The summed E-state index contributed by atoms with van der Waals surface area (Å²) in [5, 5.41) is 11.9. The molecule has 1 saturated carbocycles. The zero-order valence-corrected chi connectivity index (χ0v) is 20.9. The molecule has 2 heterocycles. The Labute approximate surface area is 221 Å². The van der Waals surface area contributed by atoms with E-state index >= 15 is 0 Å². The van der Waals surface area contributed by atoms with Crippen LogP contribution in [-0.2, 0) is 5.41 Å². The second-order valence-electron chi connectivity index (χ2n) is 9.29. The summed E-state index contributed by atoms with van der Waals surface area (Å²) in [5.41, 5.74) is 0.539. The molecule has 200 valence electrons. The minimum absolute atomic E-state index is 0.0849. The van der Waals surface area contributed by atoms with E-state index in [-0.39, 0.29) is 39.8 Å². The summed E-state index contributed by atoms with van der Waals surface area (Å²) in [7, 11) is 1.47. The van der Waals surface area contributed by atoms with Crippen LogP contribution in [0.5, 0.6) is 11.5 Å². The zero-order valence-electron chi connectivity index (χ0n) is 20.9. The molecular weight excluding hydrogens is 513 g/mol. The molecule has 39 heavy (non-hydrogen) atoms. The number of hydrogen-bond acceptors (Lipinski definition) is 5. The Kier molecular flexibility index (Phi) is 6.69. The highest BCUT2D eigenvalue weighted by Crippen LogP contribution is 2.47. The third kappa shape index (κ3) is 5.69. The molecule has 5 rings (SSSR count). The number of hydrogen-bond donors (Lipinski definition) is 3. The molecule has 3 N–H and O–H groups in total. The lowest BCUT2D eigenvalue weighted by Crippen LogP contribution is -2.22. The van der Waals surface area contributed by atoms with Crippen molar-refractivity contribution in [2.45, 2.75) is 25.2 Å². The maximum absolute atomic E-state index is 14.8. The minimum atomic E-state index is -0.795. The van der Waals surface area contributed by atoms with Crippen LogP contribution < -0.4 is 20.7 Å². The average molecular weight is 537 g/mol. The van der Waals surface area contributed by atoms with Crippen LogP contribution in [0.3, 0.4) is 0 Å². The maximum atomic E-state index is 14.8. The summed E-state index contributed by atoms with van der Waals surface area (Å²) in [6.07, 6.45) is 3.16. The van der Waals surface area contributed by atoms with E-state index in [2.05, 4.69) is 26.0 Å². The van der Waals surface area contributed by atoms with E-state index < -0.39 is 29.4 Å². The molecule has 1 aliphatic carbocycles. The van der Waals surface area contributed by atoms with E-state index in [1.54, 1.807) is 6.07 Å². The maximum Gasteiger partial charge on any atom is 0.324 e. The third-order valence-electron chi connectivity index (χ3n) is 6.28. The first-order valence-corrected chi connectivity index (χ1v) is 11.9. The van der Waals surface area contributed by atoms with Gasteiger partial charge < -0.3 is 15.4 Å². The smallest absolute Gasteiger partial charge is 0.324 e. The molecule has 0 unspecified atom stereocenters. The summed E-state index contributed by atoms with van der Waals surface area (Å²) >= 11 is 0. The zero-order chi connectivity index (χ0) is 27.7. The van der Waals surface area contributed by atoms with Crippen molar-refractivity contribution >= 4 is 23.4 Å². The van der Waals surface area contributed by atoms with Crippen LogP contribution in [0.2, 0.25) is 0 Å². The summed E-state index contributed by atoms with van der Waals surface area (Å²) in [6, 6.07) is 10.5. The Morgan fingerprint density at radius 2 is 1.67 bits per heavy atom. The van der Waals surface area contributed by atoms with E-state index in [0.29, 0.717) is 5.69 Å². The number of amides is 3. The highest BCUT2D eigenvalue weighted by Gasteiger charge is 2.42. The fourth-order valence-corrected chi connectivity index (χ4v) is 3.86. The number of benzene rings is 2. The van der Waals surface area contributed by atoms with E-state index in [9.17, 15) is 22.8 Å². The van der Waals surface area contributed by atoms with Crippen molar-refractivity contribution in [1.29, 1.82) is 0 Å². The molecule has 3 amide bonds.